The highest BCUT2D eigenvalue weighted by atomic mass is 35.5. The topological polar surface area (TPSA) is 49.8 Å². The van der Waals surface area contributed by atoms with Crippen LogP contribution in [0.3, 0.4) is 0 Å². The predicted octanol–water partition coefficient (Wildman–Crippen LogP) is 4.77. The average molecular weight is 374 g/mol. The van der Waals surface area contributed by atoms with Gasteiger partial charge in [-0.15, -0.1) is 0 Å². The third kappa shape index (κ3) is 4.19. The van der Waals surface area contributed by atoms with Gasteiger partial charge in [-0.05, 0) is 61.7 Å². The fourth-order valence-corrected chi connectivity index (χ4v) is 3.82. The Kier molecular flexibility index (Phi) is 6.17. The van der Waals surface area contributed by atoms with Gasteiger partial charge in [0, 0.05) is 5.02 Å². The molecule has 0 radical (unpaired) electrons. The molecule has 2 aromatic carbocycles. The molecule has 0 spiro atoms. The normalized spacial score (nSPS) is 19.1. The van der Waals surface area contributed by atoms with E-state index in [2.05, 4.69) is 4.90 Å². The molecule has 0 bridgehead atoms. The smallest absolute Gasteiger partial charge is 0.320 e. The zero-order chi connectivity index (χ0) is 18.5. The number of likely N-dealkylation sites (tertiary alicyclic amines) is 1. The number of nitrogens with zero attached hydrogens (tertiary/aromatic N) is 1. The summed E-state index contributed by atoms with van der Waals surface area (Å²) in [6.45, 7) is 3.30. The number of carbonyl (C=O) groups is 1. The highest BCUT2D eigenvalue weighted by Gasteiger charge is 2.35. The Morgan fingerprint density at radius 3 is 2.69 bits per heavy atom. The Bertz CT molecular complexity index is 747. The number of benzene rings is 2. The second-order valence-corrected chi connectivity index (χ2v) is 6.98. The van der Waals surface area contributed by atoms with Gasteiger partial charge in [-0.25, -0.2) is 0 Å². The molecule has 26 heavy (non-hydrogen) atoms. The number of ether oxygens (including phenoxy) is 1. The zero-order valence-electron chi connectivity index (χ0n) is 14.9. The van der Waals surface area contributed by atoms with Gasteiger partial charge in [0.25, 0.3) is 0 Å². The monoisotopic (exact) mass is 373 g/mol. The fraction of sp³-hybridized carbons (Fsp3) is 0.381. The maximum Gasteiger partial charge on any atom is 0.320 e. The molecule has 1 aliphatic heterocycles. The van der Waals surface area contributed by atoms with E-state index in [0.29, 0.717) is 18.1 Å². The molecule has 1 heterocycles. The van der Waals surface area contributed by atoms with Crippen molar-refractivity contribution in [2.75, 3.05) is 13.2 Å². The summed E-state index contributed by atoms with van der Waals surface area (Å²) in [4.78, 5) is 14.0. The van der Waals surface area contributed by atoms with Crippen molar-refractivity contribution in [2.45, 2.75) is 38.3 Å². The summed E-state index contributed by atoms with van der Waals surface area (Å²) in [5.41, 5.74) is 2.07. The minimum absolute atomic E-state index is 0.144. The summed E-state index contributed by atoms with van der Waals surface area (Å²) in [6, 6.07) is 15.0. The number of rotatable bonds is 6. The maximum atomic E-state index is 11.9. The lowest BCUT2D eigenvalue weighted by Gasteiger charge is -2.39. The van der Waals surface area contributed by atoms with Crippen molar-refractivity contribution >= 4 is 17.6 Å². The van der Waals surface area contributed by atoms with Crippen LogP contribution >= 0.6 is 11.6 Å². The number of carboxylic acid groups (broad SMARTS) is 1. The van der Waals surface area contributed by atoms with E-state index in [-0.39, 0.29) is 6.04 Å². The number of hydrogen-bond donors (Lipinski definition) is 1. The zero-order valence-corrected chi connectivity index (χ0v) is 15.7. The second-order valence-electron chi connectivity index (χ2n) is 6.55. The number of aliphatic carboxylic acids is 1. The summed E-state index contributed by atoms with van der Waals surface area (Å²) in [5, 5.41) is 10.4. The van der Waals surface area contributed by atoms with Crippen LogP contribution < -0.4 is 4.74 Å². The van der Waals surface area contributed by atoms with Crippen LogP contribution in [0.4, 0.5) is 0 Å². The van der Waals surface area contributed by atoms with Crippen molar-refractivity contribution in [1.29, 1.82) is 0 Å². The number of hydrogen-bond acceptors (Lipinski definition) is 3. The van der Waals surface area contributed by atoms with Crippen LogP contribution in [-0.2, 0) is 4.79 Å². The SMILES string of the molecule is CCOc1cccc(C(c2ccc(Cl)cc2)N2CCCCC2C(=O)O)c1. The van der Waals surface area contributed by atoms with Gasteiger partial charge in [0.2, 0.25) is 0 Å². The number of halogens is 1. The van der Waals surface area contributed by atoms with Crippen LogP contribution in [-0.4, -0.2) is 35.2 Å². The van der Waals surface area contributed by atoms with E-state index < -0.39 is 12.0 Å². The first kappa shape index (κ1) is 18.7. The van der Waals surface area contributed by atoms with Gasteiger partial charge in [0.05, 0.1) is 12.6 Å². The first-order chi connectivity index (χ1) is 12.6. The van der Waals surface area contributed by atoms with E-state index in [1.165, 1.54) is 0 Å². The molecule has 2 aromatic rings. The molecule has 1 fully saturated rings. The predicted molar refractivity (Wildman–Crippen MR) is 103 cm³/mol. The summed E-state index contributed by atoms with van der Waals surface area (Å²) < 4.78 is 5.66. The van der Waals surface area contributed by atoms with Crippen molar-refractivity contribution in [2.24, 2.45) is 0 Å². The summed E-state index contributed by atoms with van der Waals surface area (Å²) in [7, 11) is 0. The highest BCUT2D eigenvalue weighted by Crippen LogP contribution is 2.35. The quantitative estimate of drug-likeness (QED) is 0.792. The van der Waals surface area contributed by atoms with E-state index in [1.54, 1.807) is 0 Å². The Labute approximate surface area is 159 Å². The third-order valence-electron chi connectivity index (χ3n) is 4.83. The van der Waals surface area contributed by atoms with Gasteiger partial charge in [-0.3, -0.25) is 9.69 Å². The molecule has 0 aromatic heterocycles. The lowest BCUT2D eigenvalue weighted by atomic mass is 9.91. The van der Waals surface area contributed by atoms with Gasteiger partial charge in [0.15, 0.2) is 0 Å². The molecule has 138 valence electrons. The molecule has 1 N–H and O–H groups in total. The van der Waals surface area contributed by atoms with E-state index >= 15 is 0 Å². The van der Waals surface area contributed by atoms with Crippen LogP contribution in [0.5, 0.6) is 5.75 Å². The minimum Gasteiger partial charge on any atom is -0.494 e. The van der Waals surface area contributed by atoms with E-state index in [0.717, 1.165) is 36.3 Å². The lowest BCUT2D eigenvalue weighted by Crippen LogP contribution is -2.46. The molecular weight excluding hydrogens is 350 g/mol. The van der Waals surface area contributed by atoms with E-state index in [1.807, 2.05) is 55.5 Å². The molecule has 0 saturated carbocycles. The molecular formula is C21H24ClNO3. The molecule has 0 aliphatic carbocycles. The molecule has 1 saturated heterocycles. The van der Waals surface area contributed by atoms with Crippen LogP contribution in [0.15, 0.2) is 48.5 Å². The molecule has 4 nitrogen and oxygen atoms in total. The minimum atomic E-state index is -0.760. The van der Waals surface area contributed by atoms with Crippen LogP contribution in [0.25, 0.3) is 0 Å². The third-order valence-corrected chi connectivity index (χ3v) is 5.08. The van der Waals surface area contributed by atoms with Gasteiger partial charge in [-0.2, -0.15) is 0 Å². The Hall–Kier alpha value is -2.04. The Morgan fingerprint density at radius 2 is 2.00 bits per heavy atom. The second kappa shape index (κ2) is 8.56. The van der Waals surface area contributed by atoms with Crippen LogP contribution in [0.1, 0.15) is 43.4 Å². The molecule has 0 amide bonds. The van der Waals surface area contributed by atoms with Crippen molar-refractivity contribution in [3.63, 3.8) is 0 Å². The fourth-order valence-electron chi connectivity index (χ4n) is 3.69. The first-order valence-corrected chi connectivity index (χ1v) is 9.44. The maximum absolute atomic E-state index is 11.9. The molecule has 3 rings (SSSR count). The van der Waals surface area contributed by atoms with Crippen molar-refractivity contribution in [3.05, 3.63) is 64.7 Å². The molecule has 2 unspecified atom stereocenters. The van der Waals surface area contributed by atoms with E-state index in [9.17, 15) is 9.90 Å². The first-order valence-electron chi connectivity index (χ1n) is 9.07. The number of carboxylic acids is 1. The van der Waals surface area contributed by atoms with Crippen molar-refractivity contribution < 1.29 is 14.6 Å². The van der Waals surface area contributed by atoms with Crippen molar-refractivity contribution in [1.82, 2.24) is 4.90 Å². The van der Waals surface area contributed by atoms with Crippen molar-refractivity contribution in [3.8, 4) is 5.75 Å². The summed E-state index contributed by atoms with van der Waals surface area (Å²) >= 11 is 6.07. The summed E-state index contributed by atoms with van der Waals surface area (Å²) in [5.74, 6) is 0.0393. The van der Waals surface area contributed by atoms with Gasteiger partial charge >= 0.3 is 5.97 Å². The number of piperidine rings is 1. The Balaban J connectivity index is 2.05. The van der Waals surface area contributed by atoms with Gasteiger partial charge in [-0.1, -0.05) is 42.3 Å². The highest BCUT2D eigenvalue weighted by molar-refractivity contribution is 6.30. The average Bonchev–Trinajstić information content (AvgIpc) is 2.64. The van der Waals surface area contributed by atoms with Crippen LogP contribution in [0, 0.1) is 0 Å². The van der Waals surface area contributed by atoms with Crippen LogP contribution in [0.2, 0.25) is 5.02 Å². The van der Waals surface area contributed by atoms with E-state index in [4.69, 9.17) is 16.3 Å². The summed E-state index contributed by atoms with van der Waals surface area (Å²) in [6.07, 6.45) is 2.61. The molecule has 1 aliphatic rings. The standard InChI is InChI=1S/C21H24ClNO3/c1-2-26-18-7-5-6-16(14-18)20(15-9-11-17(22)12-10-15)23-13-4-3-8-19(23)21(24)25/h5-7,9-12,14,19-20H,2-4,8,13H2,1H3,(H,24,25). The Morgan fingerprint density at radius 1 is 1.23 bits per heavy atom. The lowest BCUT2D eigenvalue weighted by molar-refractivity contribution is -0.145. The van der Waals surface area contributed by atoms with Gasteiger partial charge in [0.1, 0.15) is 11.8 Å². The molecule has 2 atom stereocenters. The molecule has 5 heteroatoms. The largest absolute Gasteiger partial charge is 0.494 e. The van der Waals surface area contributed by atoms with Gasteiger partial charge < -0.3 is 9.84 Å².